The molecule has 1 amide bonds. The molecule has 0 saturated carbocycles. The lowest BCUT2D eigenvalue weighted by Gasteiger charge is -2.29. The molecule has 0 N–H and O–H groups in total. The molecule has 5 nitrogen and oxygen atoms in total. The molecule has 0 aromatic heterocycles. The molecule has 2 atom stereocenters. The van der Waals surface area contributed by atoms with Crippen LogP contribution in [0.25, 0.3) is 0 Å². The highest BCUT2D eigenvalue weighted by Crippen LogP contribution is 2.31. The van der Waals surface area contributed by atoms with Crippen LogP contribution in [-0.4, -0.2) is 51.2 Å². The van der Waals surface area contributed by atoms with E-state index in [1.165, 1.54) is 0 Å². The summed E-state index contributed by atoms with van der Waals surface area (Å²) in [5, 5.41) is 0. The van der Waals surface area contributed by atoms with E-state index in [9.17, 15) is 4.79 Å². The van der Waals surface area contributed by atoms with Gasteiger partial charge in [-0.05, 0) is 25.7 Å². The molecular formula is C20H28N2O3. The highest BCUT2D eigenvalue weighted by Gasteiger charge is 2.32. The minimum atomic E-state index is 0.154. The number of anilines is 1. The number of hydrogen-bond donors (Lipinski definition) is 0. The second kappa shape index (κ2) is 7.81. The monoisotopic (exact) mass is 344 g/mol. The summed E-state index contributed by atoms with van der Waals surface area (Å²) in [6.07, 6.45) is 8.19. The molecule has 1 heterocycles. The van der Waals surface area contributed by atoms with Gasteiger partial charge in [-0.3, -0.25) is 4.79 Å². The number of hydrogen-bond acceptors (Lipinski definition) is 4. The molecule has 2 aliphatic rings. The van der Waals surface area contributed by atoms with Crippen molar-refractivity contribution in [3.8, 4) is 11.5 Å². The van der Waals surface area contributed by atoms with Crippen molar-refractivity contribution in [1.29, 1.82) is 0 Å². The van der Waals surface area contributed by atoms with Gasteiger partial charge in [-0.2, -0.15) is 0 Å². The molecule has 0 unspecified atom stereocenters. The maximum Gasteiger partial charge on any atom is 0.226 e. The summed E-state index contributed by atoms with van der Waals surface area (Å²) < 4.78 is 10.7. The number of rotatable bonds is 5. The van der Waals surface area contributed by atoms with Crippen molar-refractivity contribution in [1.82, 2.24) is 4.90 Å². The molecule has 0 spiro atoms. The van der Waals surface area contributed by atoms with Crippen LogP contribution in [0.1, 0.15) is 25.7 Å². The van der Waals surface area contributed by atoms with Gasteiger partial charge in [0.25, 0.3) is 0 Å². The molecule has 0 bridgehead atoms. The Bertz CT molecular complexity index is 622. The second-order valence-electron chi connectivity index (χ2n) is 6.89. The molecule has 1 saturated heterocycles. The minimum absolute atomic E-state index is 0.154. The van der Waals surface area contributed by atoms with E-state index in [1.807, 2.05) is 30.1 Å². The Morgan fingerprint density at radius 3 is 2.44 bits per heavy atom. The standard InChI is InChI=1S/C20H28N2O3/c1-21(20(23)15-7-5-4-6-8-15)16-9-10-22(14-16)17-11-18(24-2)13-19(12-17)25-3/h4-5,11-13,15-16H,6-10,14H2,1-3H3/t15-,16+/m1/s1. The fourth-order valence-electron chi connectivity index (χ4n) is 3.75. The highest BCUT2D eigenvalue weighted by molar-refractivity contribution is 5.79. The van der Waals surface area contributed by atoms with E-state index in [0.717, 1.165) is 56.0 Å². The van der Waals surface area contributed by atoms with Crippen molar-refractivity contribution in [3.05, 3.63) is 30.4 Å². The van der Waals surface area contributed by atoms with Gasteiger partial charge in [0.15, 0.2) is 0 Å². The number of carbonyl (C=O) groups is 1. The van der Waals surface area contributed by atoms with E-state index >= 15 is 0 Å². The summed E-state index contributed by atoms with van der Waals surface area (Å²) in [4.78, 5) is 17.0. The van der Waals surface area contributed by atoms with Gasteiger partial charge in [0.2, 0.25) is 5.91 Å². The highest BCUT2D eigenvalue weighted by atomic mass is 16.5. The Labute approximate surface area is 150 Å². The number of nitrogens with zero attached hydrogens (tertiary/aromatic N) is 2. The third-order valence-electron chi connectivity index (χ3n) is 5.38. The fraction of sp³-hybridized carbons (Fsp3) is 0.550. The summed E-state index contributed by atoms with van der Waals surface area (Å²) in [5.41, 5.74) is 1.08. The minimum Gasteiger partial charge on any atom is -0.497 e. The van der Waals surface area contributed by atoms with Crippen LogP contribution in [0.2, 0.25) is 0 Å². The molecule has 3 rings (SSSR count). The van der Waals surface area contributed by atoms with E-state index in [0.29, 0.717) is 5.91 Å². The summed E-state index contributed by atoms with van der Waals surface area (Å²) in [5.74, 6) is 2.02. The predicted octanol–water partition coefficient (Wildman–Crippen LogP) is 3.10. The maximum atomic E-state index is 12.8. The zero-order chi connectivity index (χ0) is 17.8. The van der Waals surface area contributed by atoms with Gasteiger partial charge in [-0.25, -0.2) is 0 Å². The molecule has 1 aliphatic heterocycles. The number of likely N-dealkylation sites (N-methyl/N-ethyl adjacent to an activating group) is 1. The SMILES string of the molecule is COc1cc(OC)cc(N2CC[C@H](N(C)C(=O)[C@@H]3CC=CCC3)C2)c1. The van der Waals surface area contributed by atoms with Gasteiger partial charge in [0, 0.05) is 49.9 Å². The van der Waals surface area contributed by atoms with Crippen molar-refractivity contribution in [3.63, 3.8) is 0 Å². The first-order valence-electron chi connectivity index (χ1n) is 9.02. The van der Waals surface area contributed by atoms with Gasteiger partial charge < -0.3 is 19.3 Å². The third kappa shape index (κ3) is 3.91. The average molecular weight is 344 g/mol. The lowest BCUT2D eigenvalue weighted by molar-refractivity contribution is -0.136. The number of ether oxygens (including phenoxy) is 2. The summed E-state index contributed by atoms with van der Waals surface area (Å²) in [6.45, 7) is 1.78. The van der Waals surface area contributed by atoms with Gasteiger partial charge >= 0.3 is 0 Å². The molecular weight excluding hydrogens is 316 g/mol. The van der Waals surface area contributed by atoms with Gasteiger partial charge in [-0.15, -0.1) is 0 Å². The largest absolute Gasteiger partial charge is 0.497 e. The topological polar surface area (TPSA) is 42.0 Å². The van der Waals surface area contributed by atoms with Crippen LogP contribution in [-0.2, 0) is 4.79 Å². The van der Waals surface area contributed by atoms with Crippen LogP contribution < -0.4 is 14.4 Å². The summed E-state index contributed by atoms with van der Waals surface area (Å²) in [6, 6.07) is 6.19. The van der Waals surface area contributed by atoms with Gasteiger partial charge in [0.1, 0.15) is 11.5 Å². The fourth-order valence-corrected chi connectivity index (χ4v) is 3.75. The van der Waals surface area contributed by atoms with Crippen LogP contribution in [0.5, 0.6) is 11.5 Å². The normalized spacial score (nSPS) is 22.8. The van der Waals surface area contributed by atoms with E-state index in [2.05, 4.69) is 17.1 Å². The molecule has 1 aromatic rings. The Morgan fingerprint density at radius 1 is 1.12 bits per heavy atom. The molecule has 1 fully saturated rings. The second-order valence-corrected chi connectivity index (χ2v) is 6.89. The van der Waals surface area contributed by atoms with Gasteiger partial charge in [-0.1, -0.05) is 12.2 Å². The predicted molar refractivity (Wildman–Crippen MR) is 99.4 cm³/mol. The van der Waals surface area contributed by atoms with Crippen LogP contribution in [0, 0.1) is 5.92 Å². The zero-order valence-electron chi connectivity index (χ0n) is 15.4. The van der Waals surface area contributed by atoms with Crippen LogP contribution in [0.3, 0.4) is 0 Å². The number of amides is 1. The van der Waals surface area contributed by atoms with Crippen molar-refractivity contribution in [2.24, 2.45) is 5.92 Å². The van der Waals surface area contributed by atoms with Crippen LogP contribution in [0.15, 0.2) is 30.4 Å². The van der Waals surface area contributed by atoms with Crippen molar-refractivity contribution < 1.29 is 14.3 Å². The van der Waals surface area contributed by atoms with Gasteiger partial charge in [0.05, 0.1) is 20.3 Å². The summed E-state index contributed by atoms with van der Waals surface area (Å²) in [7, 11) is 5.29. The molecule has 136 valence electrons. The molecule has 1 aliphatic carbocycles. The quantitative estimate of drug-likeness (QED) is 0.770. The Kier molecular flexibility index (Phi) is 5.51. The molecule has 1 aromatic carbocycles. The maximum absolute atomic E-state index is 12.8. The van der Waals surface area contributed by atoms with Crippen molar-refractivity contribution in [2.75, 3.05) is 39.3 Å². The Hall–Kier alpha value is -2.17. The molecule has 0 radical (unpaired) electrons. The lowest BCUT2D eigenvalue weighted by atomic mass is 9.93. The van der Waals surface area contributed by atoms with Crippen LogP contribution >= 0.6 is 0 Å². The first kappa shape index (κ1) is 17.6. The van der Waals surface area contributed by atoms with Crippen LogP contribution in [0.4, 0.5) is 5.69 Å². The van der Waals surface area contributed by atoms with E-state index in [1.54, 1.807) is 14.2 Å². The van der Waals surface area contributed by atoms with E-state index in [-0.39, 0.29) is 12.0 Å². The smallest absolute Gasteiger partial charge is 0.226 e. The van der Waals surface area contributed by atoms with E-state index in [4.69, 9.17) is 9.47 Å². The zero-order valence-corrected chi connectivity index (χ0v) is 15.4. The average Bonchev–Trinajstić information content (AvgIpc) is 3.17. The van der Waals surface area contributed by atoms with Crippen molar-refractivity contribution in [2.45, 2.75) is 31.7 Å². The van der Waals surface area contributed by atoms with Crippen molar-refractivity contribution >= 4 is 11.6 Å². The number of allylic oxidation sites excluding steroid dienone is 2. The first-order valence-corrected chi connectivity index (χ1v) is 9.02. The first-order chi connectivity index (χ1) is 12.1. The molecule has 25 heavy (non-hydrogen) atoms. The number of carbonyl (C=O) groups excluding carboxylic acids is 1. The molecule has 5 heteroatoms. The Morgan fingerprint density at radius 2 is 1.84 bits per heavy atom. The Balaban J connectivity index is 1.66. The van der Waals surface area contributed by atoms with E-state index < -0.39 is 0 Å². The summed E-state index contributed by atoms with van der Waals surface area (Å²) >= 11 is 0. The number of methoxy groups -OCH3 is 2. The lowest BCUT2D eigenvalue weighted by Crippen LogP contribution is -2.42. The third-order valence-corrected chi connectivity index (χ3v) is 5.38. The number of benzene rings is 1.